The Balaban J connectivity index is 3.52. The highest BCUT2D eigenvalue weighted by molar-refractivity contribution is 5.85. The van der Waals surface area contributed by atoms with Crippen LogP contribution in [-0.4, -0.2) is 37.0 Å². The Hall–Kier alpha value is -1.13. The monoisotopic (exact) mass is 242 g/mol. The van der Waals surface area contributed by atoms with Crippen LogP contribution in [0.5, 0.6) is 0 Å². The zero-order valence-electron chi connectivity index (χ0n) is 10.6. The minimum absolute atomic E-state index is 0.111. The van der Waals surface area contributed by atoms with E-state index in [9.17, 15) is 4.79 Å². The van der Waals surface area contributed by atoms with Gasteiger partial charge in [0.05, 0.1) is 25.9 Å². The second kappa shape index (κ2) is 10.1. The molecule has 17 heavy (non-hydrogen) atoms. The van der Waals surface area contributed by atoms with Crippen LogP contribution in [0.15, 0.2) is 24.3 Å². The molecule has 0 aromatic carbocycles. The third-order valence-corrected chi connectivity index (χ3v) is 2.23. The van der Waals surface area contributed by atoms with Gasteiger partial charge in [-0.1, -0.05) is 12.2 Å². The summed E-state index contributed by atoms with van der Waals surface area (Å²) in [5.41, 5.74) is 0.381. The van der Waals surface area contributed by atoms with Crippen molar-refractivity contribution >= 4 is 5.97 Å². The minimum atomic E-state index is -0.864. The van der Waals surface area contributed by atoms with Crippen molar-refractivity contribution in [3.05, 3.63) is 24.3 Å². The first-order valence-corrected chi connectivity index (χ1v) is 5.78. The summed E-state index contributed by atoms with van der Waals surface area (Å²) >= 11 is 0. The molecule has 0 heterocycles. The van der Waals surface area contributed by atoms with Crippen LogP contribution < -0.4 is 0 Å². The third kappa shape index (κ3) is 9.78. The van der Waals surface area contributed by atoms with E-state index in [-0.39, 0.29) is 6.10 Å². The Kier molecular flexibility index (Phi) is 9.38. The van der Waals surface area contributed by atoms with Crippen molar-refractivity contribution in [1.82, 2.24) is 0 Å². The van der Waals surface area contributed by atoms with E-state index in [0.717, 1.165) is 6.42 Å². The number of allylic oxidation sites excluding steroid dienone is 1. The molecule has 98 valence electrons. The lowest BCUT2D eigenvalue weighted by Crippen LogP contribution is -2.12. The number of ether oxygens (including phenoxy) is 2. The van der Waals surface area contributed by atoms with Crippen molar-refractivity contribution in [2.45, 2.75) is 32.8 Å². The Morgan fingerprint density at radius 1 is 1.47 bits per heavy atom. The van der Waals surface area contributed by atoms with Crippen molar-refractivity contribution in [3.63, 3.8) is 0 Å². The van der Waals surface area contributed by atoms with E-state index < -0.39 is 5.97 Å². The van der Waals surface area contributed by atoms with Crippen LogP contribution in [0.4, 0.5) is 0 Å². The highest BCUT2D eigenvalue weighted by atomic mass is 16.5. The maximum Gasteiger partial charge on any atom is 0.330 e. The van der Waals surface area contributed by atoms with Gasteiger partial charge in [0.15, 0.2) is 0 Å². The van der Waals surface area contributed by atoms with Crippen LogP contribution in [0.25, 0.3) is 0 Å². The van der Waals surface area contributed by atoms with E-state index in [1.54, 1.807) is 19.1 Å². The molecule has 0 spiro atoms. The van der Waals surface area contributed by atoms with Crippen LogP contribution in [0.2, 0.25) is 0 Å². The van der Waals surface area contributed by atoms with Gasteiger partial charge in [-0.3, -0.25) is 0 Å². The molecule has 0 amide bonds. The first-order valence-electron chi connectivity index (χ1n) is 5.78. The molecule has 0 aromatic rings. The first kappa shape index (κ1) is 15.9. The number of carbonyl (C=O) groups is 1. The smallest absolute Gasteiger partial charge is 0.330 e. The van der Waals surface area contributed by atoms with Gasteiger partial charge < -0.3 is 14.6 Å². The SMILES string of the molecule is C=CCOCCOC(C)CCC=C(C)C(=O)O. The quantitative estimate of drug-likeness (QED) is 0.363. The third-order valence-electron chi connectivity index (χ3n) is 2.23. The predicted molar refractivity (Wildman–Crippen MR) is 67.1 cm³/mol. The molecule has 1 atom stereocenters. The summed E-state index contributed by atoms with van der Waals surface area (Å²) in [5.74, 6) is -0.864. The topological polar surface area (TPSA) is 55.8 Å². The second-order valence-electron chi connectivity index (χ2n) is 3.81. The van der Waals surface area contributed by atoms with E-state index in [1.807, 2.05) is 6.92 Å². The summed E-state index contributed by atoms with van der Waals surface area (Å²) in [6.07, 6.45) is 5.05. The molecule has 4 nitrogen and oxygen atoms in total. The molecule has 0 saturated carbocycles. The molecule has 0 aliphatic heterocycles. The Morgan fingerprint density at radius 2 is 2.18 bits per heavy atom. The molecule has 1 unspecified atom stereocenters. The van der Waals surface area contributed by atoms with Crippen molar-refractivity contribution in [2.24, 2.45) is 0 Å². The highest BCUT2D eigenvalue weighted by Crippen LogP contribution is 2.05. The van der Waals surface area contributed by atoms with Gasteiger partial charge in [0.1, 0.15) is 0 Å². The summed E-state index contributed by atoms with van der Waals surface area (Å²) in [6.45, 7) is 8.76. The normalized spacial score (nSPS) is 13.4. The van der Waals surface area contributed by atoms with Crippen LogP contribution >= 0.6 is 0 Å². The Morgan fingerprint density at radius 3 is 2.76 bits per heavy atom. The van der Waals surface area contributed by atoms with E-state index in [1.165, 1.54) is 0 Å². The predicted octanol–water partition coefficient (Wildman–Crippen LogP) is 2.41. The van der Waals surface area contributed by atoms with Crippen LogP contribution in [0, 0.1) is 0 Å². The lowest BCUT2D eigenvalue weighted by Gasteiger charge is -2.11. The minimum Gasteiger partial charge on any atom is -0.478 e. The average molecular weight is 242 g/mol. The largest absolute Gasteiger partial charge is 0.478 e. The molecular formula is C13H22O4. The number of carboxylic acids is 1. The average Bonchev–Trinajstić information content (AvgIpc) is 2.28. The van der Waals surface area contributed by atoms with Gasteiger partial charge in [-0.05, 0) is 26.7 Å². The Labute approximate surface area is 103 Å². The summed E-state index contributed by atoms with van der Waals surface area (Å²) in [4.78, 5) is 10.5. The first-order chi connectivity index (χ1) is 8.07. The number of hydrogen-bond donors (Lipinski definition) is 1. The van der Waals surface area contributed by atoms with E-state index >= 15 is 0 Å². The van der Waals surface area contributed by atoms with Gasteiger partial charge in [-0.2, -0.15) is 0 Å². The molecule has 0 saturated heterocycles. The summed E-state index contributed by atoms with van der Waals surface area (Å²) in [5, 5.41) is 8.65. The van der Waals surface area contributed by atoms with Crippen LogP contribution in [0.1, 0.15) is 26.7 Å². The summed E-state index contributed by atoms with van der Waals surface area (Å²) < 4.78 is 10.7. The highest BCUT2D eigenvalue weighted by Gasteiger charge is 2.02. The van der Waals surface area contributed by atoms with Crippen LogP contribution in [0.3, 0.4) is 0 Å². The van der Waals surface area contributed by atoms with Gasteiger partial charge in [-0.15, -0.1) is 6.58 Å². The van der Waals surface area contributed by atoms with Gasteiger partial charge in [-0.25, -0.2) is 4.79 Å². The van der Waals surface area contributed by atoms with Crippen molar-refractivity contribution in [2.75, 3.05) is 19.8 Å². The van der Waals surface area contributed by atoms with Crippen LogP contribution in [-0.2, 0) is 14.3 Å². The van der Waals surface area contributed by atoms with Crippen molar-refractivity contribution < 1.29 is 19.4 Å². The molecular weight excluding hydrogens is 220 g/mol. The van der Waals surface area contributed by atoms with Gasteiger partial charge in [0.25, 0.3) is 0 Å². The molecule has 4 heteroatoms. The van der Waals surface area contributed by atoms with E-state index in [0.29, 0.717) is 31.8 Å². The van der Waals surface area contributed by atoms with Crippen molar-refractivity contribution in [1.29, 1.82) is 0 Å². The maximum absolute atomic E-state index is 10.5. The molecule has 1 N–H and O–H groups in total. The summed E-state index contributed by atoms with van der Waals surface area (Å²) in [7, 11) is 0. The van der Waals surface area contributed by atoms with Gasteiger partial charge in [0.2, 0.25) is 0 Å². The number of carboxylic acid groups (broad SMARTS) is 1. The Bertz CT molecular complexity index is 258. The number of rotatable bonds is 10. The lowest BCUT2D eigenvalue weighted by molar-refractivity contribution is -0.132. The molecule has 0 aliphatic carbocycles. The molecule has 0 bridgehead atoms. The second-order valence-corrected chi connectivity index (χ2v) is 3.81. The molecule has 0 aromatic heterocycles. The summed E-state index contributed by atoms with van der Waals surface area (Å²) in [6, 6.07) is 0. The van der Waals surface area contributed by atoms with Gasteiger partial charge in [0, 0.05) is 5.57 Å². The van der Waals surface area contributed by atoms with E-state index in [4.69, 9.17) is 14.6 Å². The molecule has 0 radical (unpaired) electrons. The fourth-order valence-electron chi connectivity index (χ4n) is 1.18. The zero-order valence-corrected chi connectivity index (χ0v) is 10.6. The maximum atomic E-state index is 10.5. The van der Waals surface area contributed by atoms with Crippen molar-refractivity contribution in [3.8, 4) is 0 Å². The fourth-order valence-corrected chi connectivity index (χ4v) is 1.18. The molecule has 0 rings (SSSR count). The lowest BCUT2D eigenvalue weighted by atomic mass is 10.1. The molecule has 0 fully saturated rings. The standard InChI is InChI=1S/C13H22O4/c1-4-8-16-9-10-17-12(3)7-5-6-11(2)13(14)15/h4,6,12H,1,5,7-10H2,2-3H3,(H,14,15). The van der Waals surface area contributed by atoms with E-state index in [2.05, 4.69) is 6.58 Å². The fraction of sp³-hybridized carbons (Fsp3) is 0.615. The van der Waals surface area contributed by atoms with Gasteiger partial charge >= 0.3 is 5.97 Å². The number of hydrogen-bond acceptors (Lipinski definition) is 3. The molecule has 0 aliphatic rings. The number of aliphatic carboxylic acids is 1. The zero-order chi connectivity index (χ0) is 13.1.